The summed E-state index contributed by atoms with van der Waals surface area (Å²) in [4.78, 5) is 0. The first-order valence-electron chi connectivity index (χ1n) is 5.63. The number of nitrogen functional groups attached to an aromatic ring is 1. The Morgan fingerprint density at radius 1 is 1.14 bits per heavy atom. The van der Waals surface area contributed by atoms with E-state index in [9.17, 15) is 0 Å². The van der Waals surface area contributed by atoms with Crippen LogP contribution in [0.1, 0.15) is 51.0 Å². The second-order valence-corrected chi connectivity index (χ2v) is 3.91. The lowest BCUT2D eigenvalue weighted by atomic mass is 9.91. The van der Waals surface area contributed by atoms with Gasteiger partial charge >= 0.3 is 0 Å². The van der Waals surface area contributed by atoms with E-state index in [1.165, 1.54) is 31.2 Å². The van der Waals surface area contributed by atoms with Crippen LogP contribution in [-0.2, 0) is 0 Å². The molecule has 14 heavy (non-hydrogen) atoms. The number of hydrogen-bond acceptors (Lipinski definition) is 1. The third-order valence-electron chi connectivity index (χ3n) is 2.81. The van der Waals surface area contributed by atoms with Gasteiger partial charge in [-0.05, 0) is 36.5 Å². The lowest BCUT2D eigenvalue weighted by Crippen LogP contribution is -1.97. The Kier molecular flexibility index (Phi) is 4.51. The fraction of sp³-hybridized carbons (Fsp3) is 0.538. The molecule has 0 fully saturated rings. The van der Waals surface area contributed by atoms with E-state index in [1.807, 2.05) is 12.1 Å². The summed E-state index contributed by atoms with van der Waals surface area (Å²) < 4.78 is 0. The maximum Gasteiger partial charge on any atom is 0.0314 e. The van der Waals surface area contributed by atoms with Gasteiger partial charge in [-0.1, -0.05) is 38.8 Å². The summed E-state index contributed by atoms with van der Waals surface area (Å²) in [6, 6.07) is 8.34. The van der Waals surface area contributed by atoms with E-state index in [1.54, 1.807) is 0 Å². The average Bonchev–Trinajstić information content (AvgIpc) is 2.21. The summed E-state index contributed by atoms with van der Waals surface area (Å²) in [5.41, 5.74) is 7.97. The van der Waals surface area contributed by atoms with Crippen LogP contribution in [0.3, 0.4) is 0 Å². The van der Waals surface area contributed by atoms with Crippen LogP contribution in [0.5, 0.6) is 0 Å². The largest absolute Gasteiger partial charge is 0.399 e. The molecule has 0 aliphatic heterocycles. The monoisotopic (exact) mass is 191 g/mol. The summed E-state index contributed by atoms with van der Waals surface area (Å²) in [7, 11) is 0. The molecule has 1 aromatic rings. The van der Waals surface area contributed by atoms with Gasteiger partial charge in [0.2, 0.25) is 0 Å². The lowest BCUT2D eigenvalue weighted by molar-refractivity contribution is 0.570. The molecule has 1 atom stereocenters. The Labute approximate surface area is 87.3 Å². The molecule has 1 nitrogen and oxygen atoms in total. The zero-order valence-electron chi connectivity index (χ0n) is 9.29. The minimum absolute atomic E-state index is 0.718. The Morgan fingerprint density at radius 2 is 1.79 bits per heavy atom. The van der Waals surface area contributed by atoms with Crippen molar-refractivity contribution in [3.8, 4) is 0 Å². The Morgan fingerprint density at radius 3 is 2.29 bits per heavy atom. The summed E-state index contributed by atoms with van der Waals surface area (Å²) in [6.45, 7) is 4.51. The number of hydrogen-bond donors (Lipinski definition) is 1. The van der Waals surface area contributed by atoms with Gasteiger partial charge < -0.3 is 5.73 Å². The Balaban J connectivity index is 2.64. The van der Waals surface area contributed by atoms with Gasteiger partial charge in [-0.2, -0.15) is 0 Å². The number of nitrogens with two attached hydrogens (primary N) is 1. The molecule has 0 aliphatic carbocycles. The molecular formula is C13H21N. The van der Waals surface area contributed by atoms with Gasteiger partial charge in [-0.15, -0.1) is 0 Å². The molecular weight excluding hydrogens is 170 g/mol. The third kappa shape index (κ3) is 3.06. The molecule has 0 radical (unpaired) electrons. The highest BCUT2D eigenvalue weighted by atomic mass is 14.5. The molecule has 0 spiro atoms. The molecule has 0 heterocycles. The van der Waals surface area contributed by atoms with Gasteiger partial charge in [0.05, 0.1) is 0 Å². The van der Waals surface area contributed by atoms with E-state index >= 15 is 0 Å². The zero-order chi connectivity index (χ0) is 10.4. The van der Waals surface area contributed by atoms with Crippen molar-refractivity contribution in [1.82, 2.24) is 0 Å². The third-order valence-corrected chi connectivity index (χ3v) is 2.81. The molecule has 2 N–H and O–H groups in total. The van der Waals surface area contributed by atoms with Crippen LogP contribution in [-0.4, -0.2) is 0 Å². The van der Waals surface area contributed by atoms with Gasteiger partial charge in [0.1, 0.15) is 0 Å². The van der Waals surface area contributed by atoms with Crippen LogP contribution < -0.4 is 5.73 Å². The van der Waals surface area contributed by atoms with Crippen LogP contribution in [0.25, 0.3) is 0 Å². The maximum atomic E-state index is 5.67. The van der Waals surface area contributed by atoms with E-state index in [-0.39, 0.29) is 0 Å². The van der Waals surface area contributed by atoms with Crippen LogP contribution >= 0.6 is 0 Å². The minimum atomic E-state index is 0.718. The van der Waals surface area contributed by atoms with E-state index in [4.69, 9.17) is 5.73 Å². The maximum absolute atomic E-state index is 5.67. The topological polar surface area (TPSA) is 26.0 Å². The van der Waals surface area contributed by atoms with E-state index < -0.39 is 0 Å². The van der Waals surface area contributed by atoms with E-state index in [0.717, 1.165) is 11.6 Å². The molecule has 1 rings (SSSR count). The molecule has 0 amide bonds. The number of rotatable bonds is 5. The van der Waals surface area contributed by atoms with Crippen molar-refractivity contribution in [3.63, 3.8) is 0 Å². The Bertz CT molecular complexity index is 250. The lowest BCUT2D eigenvalue weighted by Gasteiger charge is -2.14. The molecule has 78 valence electrons. The Hall–Kier alpha value is -0.980. The van der Waals surface area contributed by atoms with Crippen molar-refractivity contribution in [1.29, 1.82) is 0 Å². The smallest absolute Gasteiger partial charge is 0.0314 e. The first kappa shape index (κ1) is 11.1. The first-order valence-corrected chi connectivity index (χ1v) is 5.63. The molecule has 0 saturated heterocycles. The van der Waals surface area contributed by atoms with Gasteiger partial charge in [0.15, 0.2) is 0 Å². The van der Waals surface area contributed by atoms with Gasteiger partial charge in [0, 0.05) is 5.69 Å². The second kappa shape index (κ2) is 5.69. The highest BCUT2D eigenvalue weighted by Gasteiger charge is 2.07. The SMILES string of the molecule is CCCCC(CC)c1ccc(N)cc1. The van der Waals surface area contributed by atoms with Crippen molar-refractivity contribution in [2.24, 2.45) is 0 Å². The number of anilines is 1. The molecule has 1 aromatic carbocycles. The van der Waals surface area contributed by atoms with Gasteiger partial charge in [-0.3, -0.25) is 0 Å². The summed E-state index contributed by atoms with van der Waals surface area (Å²) in [5, 5.41) is 0. The predicted molar refractivity (Wildman–Crippen MR) is 63.4 cm³/mol. The number of unbranched alkanes of at least 4 members (excludes halogenated alkanes) is 1. The quantitative estimate of drug-likeness (QED) is 0.701. The van der Waals surface area contributed by atoms with Gasteiger partial charge in [-0.25, -0.2) is 0 Å². The average molecular weight is 191 g/mol. The molecule has 0 bridgehead atoms. The molecule has 0 aromatic heterocycles. The minimum Gasteiger partial charge on any atom is -0.399 e. The molecule has 1 unspecified atom stereocenters. The summed E-state index contributed by atoms with van der Waals surface area (Å²) >= 11 is 0. The van der Waals surface area contributed by atoms with Crippen molar-refractivity contribution >= 4 is 5.69 Å². The highest BCUT2D eigenvalue weighted by molar-refractivity contribution is 5.40. The highest BCUT2D eigenvalue weighted by Crippen LogP contribution is 2.25. The molecule has 0 aliphatic rings. The summed E-state index contributed by atoms with van der Waals surface area (Å²) in [6.07, 6.45) is 5.13. The molecule has 1 heteroatoms. The second-order valence-electron chi connectivity index (χ2n) is 3.91. The van der Waals surface area contributed by atoms with Crippen molar-refractivity contribution < 1.29 is 0 Å². The molecule has 0 saturated carbocycles. The van der Waals surface area contributed by atoms with Crippen LogP contribution in [0, 0.1) is 0 Å². The number of benzene rings is 1. The predicted octanol–water partition coefficient (Wildman–Crippen LogP) is 3.95. The normalized spacial score (nSPS) is 12.7. The van der Waals surface area contributed by atoms with Crippen molar-refractivity contribution in [2.45, 2.75) is 45.4 Å². The standard InChI is InChI=1S/C13H21N/c1-3-5-6-11(4-2)12-7-9-13(14)10-8-12/h7-11H,3-6,14H2,1-2H3. The van der Waals surface area contributed by atoms with Crippen LogP contribution in [0.4, 0.5) is 5.69 Å². The first-order chi connectivity index (χ1) is 6.77. The van der Waals surface area contributed by atoms with Crippen LogP contribution in [0.2, 0.25) is 0 Å². The van der Waals surface area contributed by atoms with E-state index in [2.05, 4.69) is 26.0 Å². The van der Waals surface area contributed by atoms with Crippen molar-refractivity contribution in [3.05, 3.63) is 29.8 Å². The van der Waals surface area contributed by atoms with Crippen LogP contribution in [0.15, 0.2) is 24.3 Å². The zero-order valence-corrected chi connectivity index (χ0v) is 9.29. The summed E-state index contributed by atoms with van der Waals surface area (Å²) in [5.74, 6) is 0.718. The van der Waals surface area contributed by atoms with Crippen molar-refractivity contribution in [2.75, 3.05) is 5.73 Å². The fourth-order valence-electron chi connectivity index (χ4n) is 1.83. The van der Waals surface area contributed by atoms with Gasteiger partial charge in [0.25, 0.3) is 0 Å². The van der Waals surface area contributed by atoms with E-state index in [0.29, 0.717) is 0 Å². The fourth-order valence-corrected chi connectivity index (χ4v) is 1.83.